The zero-order chi connectivity index (χ0) is 15.2. The molecule has 21 heavy (non-hydrogen) atoms. The van der Waals surface area contributed by atoms with Crippen LogP contribution in [0.5, 0.6) is 0 Å². The fourth-order valence-corrected chi connectivity index (χ4v) is 3.82. The van der Waals surface area contributed by atoms with Crippen molar-refractivity contribution in [2.45, 2.75) is 45.1 Å². The Bertz CT molecular complexity index is 452. The molecule has 0 bridgehead atoms. The van der Waals surface area contributed by atoms with Crippen LogP contribution in [0, 0.1) is 11.7 Å². The molecule has 1 aromatic carbocycles. The Morgan fingerprint density at radius 2 is 2.19 bits per heavy atom. The molecule has 1 aliphatic rings. The minimum Gasteiger partial charge on any atom is -0.329 e. The van der Waals surface area contributed by atoms with Crippen molar-refractivity contribution in [1.29, 1.82) is 0 Å². The molecule has 1 heterocycles. The summed E-state index contributed by atoms with van der Waals surface area (Å²) in [6.07, 6.45) is 6.26. The molecule has 2 atom stereocenters. The summed E-state index contributed by atoms with van der Waals surface area (Å²) in [5, 5.41) is 0. The van der Waals surface area contributed by atoms with Crippen molar-refractivity contribution in [1.82, 2.24) is 4.90 Å². The molecule has 0 radical (unpaired) electrons. The lowest BCUT2D eigenvalue weighted by atomic mass is 9.96. The minimum absolute atomic E-state index is 0.0112. The molecule has 2 rings (SSSR count). The molecule has 118 valence electrons. The van der Waals surface area contributed by atoms with Crippen molar-refractivity contribution >= 4 is 15.9 Å². The molecule has 4 heteroatoms. The van der Waals surface area contributed by atoms with Crippen LogP contribution in [-0.2, 0) is 0 Å². The van der Waals surface area contributed by atoms with Crippen molar-refractivity contribution < 1.29 is 4.39 Å². The summed E-state index contributed by atoms with van der Waals surface area (Å²) in [6.45, 7) is 4.76. The third-order valence-corrected chi connectivity index (χ3v) is 5.05. The van der Waals surface area contributed by atoms with Gasteiger partial charge < -0.3 is 5.73 Å². The smallest absolute Gasteiger partial charge is 0.128 e. The van der Waals surface area contributed by atoms with Crippen LogP contribution in [-0.4, -0.2) is 24.5 Å². The highest BCUT2D eigenvalue weighted by Crippen LogP contribution is 2.30. The zero-order valence-corrected chi connectivity index (χ0v) is 14.4. The standard InChI is InChI=1S/C17H26BrFN2/c1-2-4-13-5-3-9-21(10-8-13)17(12-20)15-11-14(18)6-7-16(15)19/h6-7,11,13,17H,2-5,8-10,12,20H2,1H3. The third-order valence-electron chi connectivity index (χ3n) is 4.56. The van der Waals surface area contributed by atoms with E-state index in [-0.39, 0.29) is 11.9 Å². The highest BCUT2D eigenvalue weighted by molar-refractivity contribution is 9.10. The predicted molar refractivity (Wildman–Crippen MR) is 89.7 cm³/mol. The van der Waals surface area contributed by atoms with E-state index < -0.39 is 0 Å². The summed E-state index contributed by atoms with van der Waals surface area (Å²) in [6, 6.07) is 5.13. The number of likely N-dealkylation sites (tertiary alicyclic amines) is 1. The van der Waals surface area contributed by atoms with Crippen LogP contribution in [0.2, 0.25) is 0 Å². The third kappa shape index (κ3) is 4.51. The lowest BCUT2D eigenvalue weighted by molar-refractivity contribution is 0.202. The van der Waals surface area contributed by atoms with Gasteiger partial charge in [-0.05, 0) is 56.5 Å². The topological polar surface area (TPSA) is 29.3 Å². The number of hydrogen-bond donors (Lipinski definition) is 1. The van der Waals surface area contributed by atoms with Gasteiger partial charge in [0.25, 0.3) is 0 Å². The first-order chi connectivity index (χ1) is 10.2. The fraction of sp³-hybridized carbons (Fsp3) is 0.647. The molecule has 0 aliphatic carbocycles. The van der Waals surface area contributed by atoms with E-state index >= 15 is 0 Å². The van der Waals surface area contributed by atoms with Crippen LogP contribution >= 0.6 is 15.9 Å². The first-order valence-electron chi connectivity index (χ1n) is 8.04. The Labute approximate surface area is 136 Å². The van der Waals surface area contributed by atoms with Crippen molar-refractivity contribution in [3.05, 3.63) is 34.1 Å². The molecular weight excluding hydrogens is 331 g/mol. The highest BCUT2D eigenvalue weighted by Gasteiger charge is 2.25. The first kappa shape index (κ1) is 16.9. The van der Waals surface area contributed by atoms with E-state index in [1.54, 1.807) is 6.07 Å². The quantitative estimate of drug-likeness (QED) is 0.841. The molecule has 0 aromatic heterocycles. The largest absolute Gasteiger partial charge is 0.329 e. The molecule has 0 spiro atoms. The van der Waals surface area contributed by atoms with Crippen molar-refractivity contribution in [3.63, 3.8) is 0 Å². The molecule has 0 saturated carbocycles. The summed E-state index contributed by atoms with van der Waals surface area (Å²) < 4.78 is 15.1. The van der Waals surface area contributed by atoms with Gasteiger partial charge in [-0.15, -0.1) is 0 Å². The number of halogens is 2. The Balaban J connectivity index is 2.12. The molecule has 2 nitrogen and oxygen atoms in total. The van der Waals surface area contributed by atoms with Crippen LogP contribution in [0.1, 0.15) is 50.6 Å². The van der Waals surface area contributed by atoms with Gasteiger partial charge in [-0.3, -0.25) is 4.90 Å². The molecule has 2 N–H and O–H groups in total. The van der Waals surface area contributed by atoms with E-state index in [2.05, 4.69) is 27.8 Å². The summed E-state index contributed by atoms with van der Waals surface area (Å²) in [5.74, 6) is 0.675. The second kappa shape index (κ2) is 8.25. The molecule has 0 amide bonds. The Kier molecular flexibility index (Phi) is 6.65. The van der Waals surface area contributed by atoms with Gasteiger partial charge in [0.05, 0.1) is 0 Å². The fourth-order valence-electron chi connectivity index (χ4n) is 3.44. The van der Waals surface area contributed by atoms with Crippen LogP contribution in [0.25, 0.3) is 0 Å². The number of benzene rings is 1. The average molecular weight is 357 g/mol. The first-order valence-corrected chi connectivity index (χ1v) is 8.84. The lowest BCUT2D eigenvalue weighted by Gasteiger charge is -2.30. The Morgan fingerprint density at radius 3 is 2.90 bits per heavy atom. The van der Waals surface area contributed by atoms with Gasteiger partial charge in [-0.25, -0.2) is 4.39 Å². The number of hydrogen-bond acceptors (Lipinski definition) is 2. The van der Waals surface area contributed by atoms with Gasteiger partial charge in [0.15, 0.2) is 0 Å². The number of rotatable bonds is 5. The normalized spacial score (nSPS) is 22.0. The predicted octanol–water partition coefficient (Wildman–Crippen LogP) is 4.49. The minimum atomic E-state index is -0.150. The van der Waals surface area contributed by atoms with E-state index in [1.807, 2.05) is 6.07 Å². The maximum absolute atomic E-state index is 14.2. The van der Waals surface area contributed by atoms with Crippen LogP contribution in [0.3, 0.4) is 0 Å². The van der Waals surface area contributed by atoms with Crippen molar-refractivity contribution in [2.24, 2.45) is 11.7 Å². The average Bonchev–Trinajstić information content (AvgIpc) is 2.70. The summed E-state index contributed by atoms with van der Waals surface area (Å²) in [7, 11) is 0. The Hall–Kier alpha value is -0.450. The van der Waals surface area contributed by atoms with E-state index in [1.165, 1.54) is 38.2 Å². The van der Waals surface area contributed by atoms with E-state index in [9.17, 15) is 4.39 Å². The molecule has 1 aromatic rings. The van der Waals surface area contributed by atoms with E-state index in [0.29, 0.717) is 6.54 Å². The van der Waals surface area contributed by atoms with Crippen LogP contribution in [0.4, 0.5) is 4.39 Å². The molecule has 1 fully saturated rings. The second-order valence-electron chi connectivity index (χ2n) is 6.04. The van der Waals surface area contributed by atoms with Gasteiger partial charge in [-0.2, -0.15) is 0 Å². The molecular formula is C17H26BrFN2. The molecule has 1 aliphatic heterocycles. The number of nitrogens with two attached hydrogens (primary N) is 1. The van der Waals surface area contributed by atoms with Crippen LogP contribution < -0.4 is 5.73 Å². The SMILES string of the molecule is CCCC1CCCN(C(CN)c2cc(Br)ccc2F)CC1. The van der Waals surface area contributed by atoms with Gasteiger partial charge in [0.2, 0.25) is 0 Å². The lowest BCUT2D eigenvalue weighted by Crippen LogP contribution is -2.35. The van der Waals surface area contributed by atoms with E-state index in [4.69, 9.17) is 5.73 Å². The number of nitrogens with zero attached hydrogens (tertiary/aromatic N) is 1. The van der Waals surface area contributed by atoms with Gasteiger partial charge in [0.1, 0.15) is 5.82 Å². The van der Waals surface area contributed by atoms with E-state index in [0.717, 1.165) is 29.0 Å². The monoisotopic (exact) mass is 356 g/mol. The highest BCUT2D eigenvalue weighted by atomic mass is 79.9. The molecule has 2 unspecified atom stereocenters. The maximum Gasteiger partial charge on any atom is 0.128 e. The molecule has 1 saturated heterocycles. The Morgan fingerprint density at radius 1 is 1.38 bits per heavy atom. The van der Waals surface area contributed by atoms with Gasteiger partial charge >= 0.3 is 0 Å². The summed E-state index contributed by atoms with van der Waals surface area (Å²) >= 11 is 3.44. The summed E-state index contributed by atoms with van der Waals surface area (Å²) in [4.78, 5) is 2.38. The van der Waals surface area contributed by atoms with Crippen molar-refractivity contribution in [3.8, 4) is 0 Å². The zero-order valence-electron chi connectivity index (χ0n) is 12.8. The van der Waals surface area contributed by atoms with Crippen molar-refractivity contribution in [2.75, 3.05) is 19.6 Å². The van der Waals surface area contributed by atoms with Crippen LogP contribution in [0.15, 0.2) is 22.7 Å². The summed E-state index contributed by atoms with van der Waals surface area (Å²) in [5.41, 5.74) is 6.70. The second-order valence-corrected chi connectivity index (χ2v) is 6.95. The maximum atomic E-state index is 14.2. The van der Waals surface area contributed by atoms with Gasteiger partial charge in [-0.1, -0.05) is 35.7 Å². The van der Waals surface area contributed by atoms with Gasteiger partial charge in [0, 0.05) is 22.6 Å².